The summed E-state index contributed by atoms with van der Waals surface area (Å²) in [7, 11) is 1.50. The third-order valence-electron chi connectivity index (χ3n) is 2.07. The lowest BCUT2D eigenvalue weighted by Gasteiger charge is -2.01. The molecule has 0 unspecified atom stereocenters. The maximum atomic E-state index is 11.5. The molecule has 1 amide bonds. The van der Waals surface area contributed by atoms with E-state index in [4.69, 9.17) is 5.21 Å². The molecule has 0 bridgehead atoms. The monoisotopic (exact) mass is 237 g/mol. The van der Waals surface area contributed by atoms with Gasteiger partial charge < -0.3 is 15.7 Å². The first-order valence-electron chi connectivity index (χ1n) is 4.73. The molecular weight excluding hydrogens is 226 g/mol. The van der Waals surface area contributed by atoms with Crippen LogP contribution in [0.5, 0.6) is 0 Å². The van der Waals surface area contributed by atoms with E-state index in [0.717, 1.165) is 0 Å². The molecule has 0 saturated carbocycles. The molecule has 1 aromatic carbocycles. The number of nitrogens with zero attached hydrogens (tertiary/aromatic N) is 2. The number of hydrogen-bond acceptors (Lipinski definition) is 4. The van der Waals surface area contributed by atoms with Gasteiger partial charge in [0, 0.05) is 18.2 Å². The van der Waals surface area contributed by atoms with E-state index in [1.165, 1.54) is 31.3 Å². The molecule has 0 atom stereocenters. The van der Waals surface area contributed by atoms with Gasteiger partial charge in [0.05, 0.1) is 0 Å². The van der Waals surface area contributed by atoms with E-state index < -0.39 is 12.3 Å². The van der Waals surface area contributed by atoms with Crippen LogP contribution >= 0.6 is 0 Å². The molecule has 0 spiro atoms. The maximum Gasteiger partial charge on any atom is 0.251 e. The topological polar surface area (TPSA) is 105 Å². The van der Waals surface area contributed by atoms with Crippen molar-refractivity contribution in [1.29, 1.82) is 0 Å². The van der Waals surface area contributed by atoms with Crippen molar-refractivity contribution in [3.63, 3.8) is 0 Å². The van der Waals surface area contributed by atoms with Gasteiger partial charge in [-0.15, -0.1) is 0 Å². The lowest BCUT2D eigenvalue weighted by atomic mass is 10.1. The summed E-state index contributed by atoms with van der Waals surface area (Å²) in [4.78, 5) is 22.5. The van der Waals surface area contributed by atoms with Crippen molar-refractivity contribution in [2.24, 2.45) is 5.28 Å². The standard InChI is InChI=1S/C10H11N3O4/c1-11-10(15)8-4-2-7(3-5-8)9(14)6-13(17)12-16/h2-5,16H,6H2,1H3,(H,11,15)/b13-12-. The Balaban J connectivity index is 2.81. The van der Waals surface area contributed by atoms with Gasteiger partial charge in [-0.05, 0) is 17.0 Å². The molecule has 0 aliphatic heterocycles. The molecule has 0 radical (unpaired) electrons. The minimum absolute atomic E-state index is 0.130. The normalized spacial score (nSPS) is 11.0. The number of benzene rings is 1. The minimum atomic E-state index is -0.574. The number of carbonyl (C=O) groups excluding carboxylic acids is 2. The zero-order chi connectivity index (χ0) is 12.8. The van der Waals surface area contributed by atoms with Gasteiger partial charge in [-0.1, -0.05) is 12.1 Å². The quantitative estimate of drug-likeness (QED) is 0.346. The van der Waals surface area contributed by atoms with E-state index in [1.54, 1.807) is 0 Å². The largest absolute Gasteiger partial charge is 0.597 e. The first-order valence-corrected chi connectivity index (χ1v) is 4.73. The summed E-state index contributed by atoms with van der Waals surface area (Å²) < 4.78 is 0. The summed E-state index contributed by atoms with van der Waals surface area (Å²) in [5, 5.41) is 23.5. The summed E-state index contributed by atoms with van der Waals surface area (Å²) in [6.45, 7) is -0.574. The Kier molecular flexibility index (Phi) is 4.15. The van der Waals surface area contributed by atoms with Crippen LogP contribution in [0.1, 0.15) is 20.7 Å². The Bertz CT molecular complexity index is 453. The van der Waals surface area contributed by atoms with Crippen LogP contribution in [-0.2, 0) is 0 Å². The maximum absolute atomic E-state index is 11.5. The number of amides is 1. The van der Waals surface area contributed by atoms with E-state index in [-0.39, 0.29) is 16.3 Å². The van der Waals surface area contributed by atoms with E-state index >= 15 is 0 Å². The molecule has 17 heavy (non-hydrogen) atoms. The number of hydrogen-bond donors (Lipinski definition) is 2. The fourth-order valence-corrected chi connectivity index (χ4v) is 1.20. The molecule has 0 heterocycles. The Morgan fingerprint density at radius 2 is 1.88 bits per heavy atom. The van der Waals surface area contributed by atoms with Crippen molar-refractivity contribution in [2.75, 3.05) is 13.6 Å². The van der Waals surface area contributed by atoms with Crippen LogP contribution in [0.25, 0.3) is 0 Å². The highest BCUT2D eigenvalue weighted by molar-refractivity contribution is 5.99. The number of hydroxylamine groups is 1. The van der Waals surface area contributed by atoms with Crippen LogP contribution < -0.4 is 5.32 Å². The Labute approximate surface area is 96.9 Å². The molecule has 1 aromatic rings. The van der Waals surface area contributed by atoms with Gasteiger partial charge >= 0.3 is 0 Å². The van der Waals surface area contributed by atoms with Crippen LogP contribution in [0.4, 0.5) is 0 Å². The Morgan fingerprint density at radius 1 is 1.35 bits per heavy atom. The molecule has 90 valence electrons. The summed E-state index contributed by atoms with van der Waals surface area (Å²) >= 11 is 0. The predicted octanol–water partition coefficient (Wildman–Crippen LogP) is 0.581. The molecule has 0 aliphatic rings. The van der Waals surface area contributed by atoms with Gasteiger partial charge in [0.25, 0.3) is 5.91 Å². The van der Waals surface area contributed by atoms with Crippen molar-refractivity contribution >= 4 is 11.7 Å². The first-order chi connectivity index (χ1) is 8.08. The van der Waals surface area contributed by atoms with Crippen molar-refractivity contribution in [3.8, 4) is 0 Å². The first kappa shape index (κ1) is 12.6. The molecule has 0 aromatic heterocycles. The van der Waals surface area contributed by atoms with Crippen molar-refractivity contribution in [2.45, 2.75) is 0 Å². The summed E-state index contributed by atoms with van der Waals surface area (Å²) in [5.41, 5.74) is 0.678. The van der Waals surface area contributed by atoms with Gasteiger partial charge in [0.2, 0.25) is 12.3 Å². The van der Waals surface area contributed by atoms with Gasteiger partial charge in [0.1, 0.15) is 0 Å². The lowest BCUT2D eigenvalue weighted by molar-refractivity contribution is -0.543. The molecule has 0 fully saturated rings. The highest BCUT2D eigenvalue weighted by Crippen LogP contribution is 2.05. The van der Waals surface area contributed by atoms with E-state index in [1.807, 2.05) is 0 Å². The fourth-order valence-electron chi connectivity index (χ4n) is 1.20. The van der Waals surface area contributed by atoms with Gasteiger partial charge in [-0.2, -0.15) is 0 Å². The highest BCUT2D eigenvalue weighted by atomic mass is 16.6. The lowest BCUT2D eigenvalue weighted by Crippen LogP contribution is -2.18. The Morgan fingerprint density at radius 3 is 2.35 bits per heavy atom. The highest BCUT2D eigenvalue weighted by Gasteiger charge is 2.12. The number of carbonyl (C=O) groups is 2. The van der Waals surface area contributed by atoms with Crippen molar-refractivity contribution in [3.05, 3.63) is 40.6 Å². The third-order valence-corrected chi connectivity index (χ3v) is 2.07. The molecular formula is C10H11N3O4. The van der Waals surface area contributed by atoms with Crippen molar-refractivity contribution < 1.29 is 19.7 Å². The van der Waals surface area contributed by atoms with Gasteiger partial charge in [-0.3, -0.25) is 9.59 Å². The smallest absolute Gasteiger partial charge is 0.251 e. The molecule has 1 rings (SSSR count). The summed E-state index contributed by atoms with van der Waals surface area (Å²) in [5.74, 6) is -0.763. The number of ketones is 1. The van der Waals surface area contributed by atoms with Gasteiger partial charge in [0.15, 0.2) is 5.28 Å². The van der Waals surface area contributed by atoms with E-state index in [2.05, 4.69) is 10.6 Å². The zero-order valence-electron chi connectivity index (χ0n) is 9.08. The number of rotatable bonds is 4. The molecule has 7 heteroatoms. The van der Waals surface area contributed by atoms with Crippen LogP contribution in [0.3, 0.4) is 0 Å². The second kappa shape index (κ2) is 5.59. The van der Waals surface area contributed by atoms with Crippen LogP contribution in [-0.4, -0.2) is 35.4 Å². The summed E-state index contributed by atoms with van der Waals surface area (Å²) in [6.07, 6.45) is 0. The SMILES string of the molecule is CNC(=O)c1ccc(C(=O)C/[N+]([O-])=N/O)cc1. The fraction of sp³-hybridized carbons (Fsp3) is 0.200. The van der Waals surface area contributed by atoms with E-state index in [0.29, 0.717) is 5.56 Å². The summed E-state index contributed by atoms with van der Waals surface area (Å²) in [6, 6.07) is 5.80. The van der Waals surface area contributed by atoms with Crippen LogP contribution in [0, 0.1) is 5.21 Å². The molecule has 2 N–H and O–H groups in total. The van der Waals surface area contributed by atoms with E-state index in [9.17, 15) is 14.8 Å². The molecule has 0 aliphatic carbocycles. The van der Waals surface area contributed by atoms with Crippen LogP contribution in [0.15, 0.2) is 29.5 Å². The number of nitrogens with one attached hydrogen (secondary N) is 1. The van der Waals surface area contributed by atoms with Crippen LogP contribution in [0.2, 0.25) is 0 Å². The predicted molar refractivity (Wildman–Crippen MR) is 56.9 cm³/mol. The minimum Gasteiger partial charge on any atom is -0.597 e. The average molecular weight is 237 g/mol. The molecule has 0 saturated heterocycles. The van der Waals surface area contributed by atoms with Crippen molar-refractivity contribution in [1.82, 2.24) is 5.32 Å². The molecule has 7 nitrogen and oxygen atoms in total. The zero-order valence-corrected chi connectivity index (χ0v) is 9.08. The Hall–Kier alpha value is -2.44. The third kappa shape index (κ3) is 3.26. The second-order valence-electron chi connectivity index (χ2n) is 3.18. The van der Waals surface area contributed by atoms with Gasteiger partial charge in [-0.25, -0.2) is 0 Å². The second-order valence-corrected chi connectivity index (χ2v) is 3.18. The average Bonchev–Trinajstić information content (AvgIpc) is 2.37. The number of Topliss-reactive ketones (excluding diaryl/α,β-unsaturated/α-hetero) is 1.